The maximum atomic E-state index is 12.4. The molecule has 1 saturated heterocycles. The minimum atomic E-state index is -0.176. The largest absolute Gasteiger partial charge is 0.493 e. The molecular weight excluding hydrogens is 416 g/mol. The lowest BCUT2D eigenvalue weighted by atomic mass is 10.1. The zero-order chi connectivity index (χ0) is 22.1. The van der Waals surface area contributed by atoms with Gasteiger partial charge in [-0.3, -0.25) is 9.69 Å². The van der Waals surface area contributed by atoms with Gasteiger partial charge in [0, 0.05) is 32.3 Å². The van der Waals surface area contributed by atoms with Gasteiger partial charge in [-0.15, -0.1) is 0 Å². The number of morpholine rings is 1. The van der Waals surface area contributed by atoms with E-state index in [1.165, 1.54) is 11.6 Å². The van der Waals surface area contributed by atoms with Gasteiger partial charge in [0.15, 0.2) is 11.5 Å². The number of nitrogens with zero attached hydrogens (tertiary/aromatic N) is 1. The van der Waals surface area contributed by atoms with E-state index >= 15 is 0 Å². The van der Waals surface area contributed by atoms with E-state index in [9.17, 15) is 4.79 Å². The number of hydrogen-bond acceptors (Lipinski definition) is 5. The first kappa shape index (κ1) is 23.1. The minimum Gasteiger partial charge on any atom is -0.493 e. The number of rotatable bonds is 9. The molecule has 1 N–H and O–H groups in total. The zero-order valence-corrected chi connectivity index (χ0v) is 18.8. The molecule has 1 aliphatic heterocycles. The van der Waals surface area contributed by atoms with Crippen molar-refractivity contribution in [3.05, 3.63) is 64.2 Å². The number of methoxy groups -OCH3 is 1. The van der Waals surface area contributed by atoms with Gasteiger partial charge in [-0.2, -0.15) is 0 Å². The molecular formula is C24H29ClN2O4. The molecule has 3 rings (SSSR count). The topological polar surface area (TPSA) is 60.0 Å². The molecule has 0 radical (unpaired) electrons. The van der Waals surface area contributed by atoms with Crippen LogP contribution in [0.3, 0.4) is 0 Å². The molecule has 0 spiro atoms. The van der Waals surface area contributed by atoms with Gasteiger partial charge in [0.05, 0.1) is 32.0 Å². The number of amides is 1. The lowest BCUT2D eigenvalue weighted by Gasteiger charge is -2.27. The Hall–Kier alpha value is -2.54. The Kier molecular flexibility index (Phi) is 8.76. The summed E-state index contributed by atoms with van der Waals surface area (Å²) in [4.78, 5) is 14.8. The molecule has 0 saturated carbocycles. The number of nitrogens with one attached hydrogen (secondary N) is 1. The molecule has 1 fully saturated rings. The van der Waals surface area contributed by atoms with E-state index < -0.39 is 0 Å². The molecule has 2 aromatic carbocycles. The van der Waals surface area contributed by atoms with Crippen molar-refractivity contribution < 1.29 is 19.0 Å². The second-order valence-electron chi connectivity index (χ2n) is 7.18. The van der Waals surface area contributed by atoms with E-state index in [0.29, 0.717) is 29.7 Å². The van der Waals surface area contributed by atoms with Crippen molar-refractivity contribution in [3.63, 3.8) is 0 Å². The summed E-state index contributed by atoms with van der Waals surface area (Å²) in [5, 5.41) is 3.41. The predicted molar refractivity (Wildman–Crippen MR) is 123 cm³/mol. The summed E-state index contributed by atoms with van der Waals surface area (Å²) in [6, 6.07) is 11.7. The zero-order valence-electron chi connectivity index (χ0n) is 18.0. The van der Waals surface area contributed by atoms with Gasteiger partial charge < -0.3 is 19.5 Å². The Morgan fingerprint density at radius 2 is 1.97 bits per heavy atom. The van der Waals surface area contributed by atoms with E-state index in [4.69, 9.17) is 25.8 Å². The number of halogens is 1. The minimum absolute atomic E-state index is 0.176. The molecule has 2 aromatic rings. The van der Waals surface area contributed by atoms with E-state index in [0.717, 1.165) is 44.0 Å². The molecule has 0 aromatic heterocycles. The fourth-order valence-corrected chi connectivity index (χ4v) is 3.69. The summed E-state index contributed by atoms with van der Waals surface area (Å²) in [6.07, 6.45) is 3.20. The highest BCUT2D eigenvalue weighted by Crippen LogP contribution is 2.36. The first-order valence-corrected chi connectivity index (χ1v) is 10.8. The fraction of sp³-hybridized carbons (Fsp3) is 0.375. The number of carbonyl (C=O) groups is 1. The summed E-state index contributed by atoms with van der Waals surface area (Å²) in [5.74, 6) is 0.863. The van der Waals surface area contributed by atoms with Crippen LogP contribution in [0.15, 0.2) is 42.5 Å². The van der Waals surface area contributed by atoms with Crippen LogP contribution in [0.4, 0.5) is 0 Å². The highest BCUT2D eigenvalue weighted by molar-refractivity contribution is 6.32. The van der Waals surface area contributed by atoms with Crippen LogP contribution in [0.1, 0.15) is 23.6 Å². The van der Waals surface area contributed by atoms with Crippen LogP contribution in [0.2, 0.25) is 5.02 Å². The average molecular weight is 445 g/mol. The van der Waals surface area contributed by atoms with E-state index in [1.54, 1.807) is 25.3 Å². The first-order chi connectivity index (χ1) is 15.1. The van der Waals surface area contributed by atoms with Gasteiger partial charge in [-0.05, 0) is 41.8 Å². The summed E-state index contributed by atoms with van der Waals surface area (Å²) in [5.41, 5.74) is 3.09. The van der Waals surface area contributed by atoms with Crippen molar-refractivity contribution in [1.82, 2.24) is 10.2 Å². The van der Waals surface area contributed by atoms with Crippen molar-refractivity contribution in [2.24, 2.45) is 0 Å². The standard InChI is InChI=1S/C24H29ClN2O4/c1-3-31-24-21(25)14-18(15-22(24)29-2)8-9-23(28)26-16-19-6-4-5-7-20(19)17-27-10-12-30-13-11-27/h4-9,14-15H,3,10-13,16-17H2,1-2H3,(H,26,28). The molecule has 1 heterocycles. The molecule has 0 bridgehead atoms. The maximum absolute atomic E-state index is 12.4. The Labute approximate surface area is 188 Å². The first-order valence-electron chi connectivity index (χ1n) is 10.4. The van der Waals surface area contributed by atoms with Gasteiger partial charge in [-0.1, -0.05) is 35.9 Å². The quantitative estimate of drug-likeness (QED) is 0.594. The van der Waals surface area contributed by atoms with Gasteiger partial charge >= 0.3 is 0 Å². The van der Waals surface area contributed by atoms with Crippen LogP contribution in [0.5, 0.6) is 11.5 Å². The SMILES string of the molecule is CCOc1c(Cl)cc(C=CC(=O)NCc2ccccc2CN2CCOCC2)cc1OC. The molecule has 0 unspecified atom stereocenters. The molecule has 1 aliphatic rings. The maximum Gasteiger partial charge on any atom is 0.244 e. The third-order valence-corrected chi connectivity index (χ3v) is 5.32. The molecule has 6 nitrogen and oxygen atoms in total. The van der Waals surface area contributed by atoms with Gasteiger partial charge in [0.25, 0.3) is 0 Å². The smallest absolute Gasteiger partial charge is 0.244 e. The van der Waals surface area contributed by atoms with E-state index in [-0.39, 0.29) is 5.91 Å². The molecule has 1 amide bonds. The van der Waals surface area contributed by atoms with Gasteiger partial charge in [0.1, 0.15) is 0 Å². The van der Waals surface area contributed by atoms with Crippen LogP contribution in [0.25, 0.3) is 6.08 Å². The molecule has 31 heavy (non-hydrogen) atoms. The predicted octanol–water partition coefficient (Wildman–Crippen LogP) is 3.91. The third-order valence-electron chi connectivity index (χ3n) is 5.04. The van der Waals surface area contributed by atoms with Crippen molar-refractivity contribution >= 4 is 23.6 Å². The second-order valence-corrected chi connectivity index (χ2v) is 7.58. The van der Waals surface area contributed by atoms with Crippen molar-refractivity contribution in [2.45, 2.75) is 20.0 Å². The lowest BCUT2D eigenvalue weighted by Crippen LogP contribution is -2.36. The number of benzene rings is 2. The van der Waals surface area contributed by atoms with Crippen molar-refractivity contribution in [3.8, 4) is 11.5 Å². The molecule has 7 heteroatoms. The Bertz CT molecular complexity index is 910. The van der Waals surface area contributed by atoms with Crippen molar-refractivity contribution in [2.75, 3.05) is 40.0 Å². The Balaban J connectivity index is 1.60. The van der Waals surface area contributed by atoms with Crippen LogP contribution < -0.4 is 14.8 Å². The monoisotopic (exact) mass is 444 g/mol. The van der Waals surface area contributed by atoms with Crippen LogP contribution in [-0.4, -0.2) is 50.8 Å². The molecule has 0 aliphatic carbocycles. The summed E-state index contributed by atoms with van der Waals surface area (Å²) in [7, 11) is 1.56. The average Bonchev–Trinajstić information content (AvgIpc) is 2.79. The fourth-order valence-electron chi connectivity index (χ4n) is 3.42. The van der Waals surface area contributed by atoms with E-state index in [2.05, 4.69) is 22.3 Å². The second kappa shape index (κ2) is 11.7. The number of carbonyl (C=O) groups excluding carboxylic acids is 1. The number of ether oxygens (including phenoxy) is 3. The summed E-state index contributed by atoms with van der Waals surface area (Å²) < 4.78 is 16.3. The Morgan fingerprint density at radius 1 is 1.23 bits per heavy atom. The molecule has 166 valence electrons. The summed E-state index contributed by atoms with van der Waals surface area (Å²) in [6.45, 7) is 7.09. The number of hydrogen-bond donors (Lipinski definition) is 1. The highest BCUT2D eigenvalue weighted by atomic mass is 35.5. The van der Waals surface area contributed by atoms with E-state index in [1.807, 2.05) is 19.1 Å². The third kappa shape index (κ3) is 6.72. The van der Waals surface area contributed by atoms with Gasteiger partial charge in [-0.25, -0.2) is 0 Å². The van der Waals surface area contributed by atoms with Crippen LogP contribution >= 0.6 is 11.6 Å². The van der Waals surface area contributed by atoms with Gasteiger partial charge in [0.2, 0.25) is 5.91 Å². The van der Waals surface area contributed by atoms with Crippen molar-refractivity contribution in [1.29, 1.82) is 0 Å². The molecule has 0 atom stereocenters. The van der Waals surface area contributed by atoms with Crippen LogP contribution in [0, 0.1) is 0 Å². The summed E-state index contributed by atoms with van der Waals surface area (Å²) >= 11 is 6.29. The lowest BCUT2D eigenvalue weighted by molar-refractivity contribution is -0.116. The van der Waals surface area contributed by atoms with Crippen LogP contribution in [-0.2, 0) is 22.6 Å². The normalized spacial score (nSPS) is 14.5. The Morgan fingerprint density at radius 3 is 2.68 bits per heavy atom. The highest BCUT2D eigenvalue weighted by Gasteiger charge is 2.13.